The van der Waals surface area contributed by atoms with Gasteiger partial charge in [-0.1, -0.05) is 12.1 Å². The second-order valence-electron chi connectivity index (χ2n) is 18.2. The minimum Gasteiger partial charge on any atom is -0.508 e. The van der Waals surface area contributed by atoms with Crippen LogP contribution in [0.2, 0.25) is 0 Å². The molecule has 0 radical (unpaired) electrons. The van der Waals surface area contributed by atoms with Crippen LogP contribution in [0.5, 0.6) is 5.75 Å². The number of ether oxygens (including phenoxy) is 4. The molecule has 3 aromatic carbocycles. The van der Waals surface area contributed by atoms with Crippen LogP contribution in [0.4, 0.5) is 15.2 Å². The van der Waals surface area contributed by atoms with E-state index in [4.69, 9.17) is 18.9 Å². The number of halogens is 1. The Bertz CT molecular complexity index is 2740. The van der Waals surface area contributed by atoms with Crippen molar-refractivity contribution >= 4 is 75.3 Å². The highest BCUT2D eigenvalue weighted by molar-refractivity contribution is 7.99. The molecule has 0 spiro atoms. The molecule has 3 fully saturated rings. The molecule has 0 aliphatic carbocycles. The van der Waals surface area contributed by atoms with E-state index < -0.39 is 53.3 Å². The van der Waals surface area contributed by atoms with Crippen molar-refractivity contribution in [3.63, 3.8) is 0 Å². The van der Waals surface area contributed by atoms with Gasteiger partial charge in [0.2, 0.25) is 17.7 Å². The minimum absolute atomic E-state index is 0.0184. The number of hydrogen-bond donors (Lipinski definition) is 3. The predicted octanol–water partition coefficient (Wildman–Crippen LogP) is 3.70. The Kier molecular flexibility index (Phi) is 17.3. The third kappa shape index (κ3) is 12.1. The van der Waals surface area contributed by atoms with Gasteiger partial charge in [-0.2, -0.15) is 0 Å². The quantitative estimate of drug-likeness (QED) is 0.0579. The SMILES string of the molecule is O=C1CCC(N2C(=O)c3cccc(SCCOCCOCCOCCOCC(=O)N4CCN(C5CCN(c6ccc7c(c6)C(=O)N(C(C(=O)Nc6nccs6)c6cc(F)ccc6O)C7)CC5)CC4)c3C2=O)C(=O)N1. The molecule has 23 heteroatoms. The Morgan fingerprint density at radius 2 is 1.55 bits per heavy atom. The van der Waals surface area contributed by atoms with Crippen molar-refractivity contribution in [3.05, 3.63) is 99.8 Å². The molecule has 0 saturated carbocycles. The number of nitrogens with one attached hydrogen (secondary N) is 2. The number of hydrogen-bond acceptors (Lipinski definition) is 17. The van der Waals surface area contributed by atoms with Gasteiger partial charge in [0.15, 0.2) is 5.13 Å². The van der Waals surface area contributed by atoms with E-state index in [1.165, 1.54) is 40.3 Å². The zero-order chi connectivity index (χ0) is 51.7. The zero-order valence-electron chi connectivity index (χ0n) is 40.5. The molecule has 5 aliphatic rings. The largest absolute Gasteiger partial charge is 0.508 e. The molecule has 20 nitrogen and oxygen atoms in total. The van der Waals surface area contributed by atoms with Crippen molar-refractivity contribution in [2.45, 2.75) is 55.2 Å². The van der Waals surface area contributed by atoms with Gasteiger partial charge < -0.3 is 38.8 Å². The number of fused-ring (bicyclic) bond motifs is 2. The van der Waals surface area contributed by atoms with Gasteiger partial charge in [0, 0.05) is 97.3 Å². The van der Waals surface area contributed by atoms with Crippen LogP contribution in [0.3, 0.4) is 0 Å². The van der Waals surface area contributed by atoms with E-state index in [-0.39, 0.29) is 60.9 Å². The number of piperidine rings is 2. The van der Waals surface area contributed by atoms with Crippen molar-refractivity contribution in [1.82, 2.24) is 29.9 Å². The summed E-state index contributed by atoms with van der Waals surface area (Å²) in [6.07, 6.45) is 3.51. The number of benzene rings is 3. The molecule has 3 saturated heterocycles. The number of phenolic OH excluding ortho intramolecular Hbond substituents is 1. The molecule has 2 unspecified atom stereocenters. The highest BCUT2D eigenvalue weighted by Crippen LogP contribution is 2.39. The summed E-state index contributed by atoms with van der Waals surface area (Å²) in [4.78, 5) is 105. The fourth-order valence-electron chi connectivity index (χ4n) is 9.92. The van der Waals surface area contributed by atoms with Crippen LogP contribution in [0.1, 0.15) is 73.9 Å². The molecule has 6 heterocycles. The second-order valence-corrected chi connectivity index (χ2v) is 20.2. The first kappa shape index (κ1) is 52.5. The average molecular weight is 1060 g/mol. The zero-order valence-corrected chi connectivity index (χ0v) is 42.2. The number of nitrogens with zero attached hydrogens (tertiary/aromatic N) is 6. The van der Waals surface area contributed by atoms with Crippen LogP contribution in [0, 0.1) is 5.82 Å². The summed E-state index contributed by atoms with van der Waals surface area (Å²) in [6.45, 7) is 6.77. The number of carbonyl (C=O) groups excluding carboxylic acids is 7. The van der Waals surface area contributed by atoms with E-state index in [0.717, 1.165) is 67.3 Å². The van der Waals surface area contributed by atoms with Gasteiger partial charge in [-0.05, 0) is 67.3 Å². The van der Waals surface area contributed by atoms with Crippen LogP contribution >= 0.6 is 23.1 Å². The molecular formula is C51H57FN8O12S2. The molecule has 9 rings (SSSR count). The molecule has 3 N–H and O–H groups in total. The molecule has 0 bridgehead atoms. The lowest BCUT2D eigenvalue weighted by Crippen LogP contribution is -2.54. The smallest absolute Gasteiger partial charge is 0.263 e. The number of imide groups is 2. The highest BCUT2D eigenvalue weighted by atomic mass is 32.2. The van der Waals surface area contributed by atoms with E-state index in [2.05, 4.69) is 25.4 Å². The van der Waals surface area contributed by atoms with Crippen LogP contribution in [-0.4, -0.2) is 181 Å². The maximum absolute atomic E-state index is 14.5. The molecule has 5 aliphatic heterocycles. The van der Waals surface area contributed by atoms with Crippen LogP contribution in [0.15, 0.2) is 71.1 Å². The molecule has 74 heavy (non-hydrogen) atoms. The second kappa shape index (κ2) is 24.3. The first-order chi connectivity index (χ1) is 35.9. The predicted molar refractivity (Wildman–Crippen MR) is 268 cm³/mol. The Morgan fingerprint density at radius 3 is 2.27 bits per heavy atom. The van der Waals surface area contributed by atoms with Gasteiger partial charge in [-0.25, -0.2) is 9.37 Å². The fraction of sp³-hybridized carbons (Fsp3) is 0.451. The lowest BCUT2D eigenvalue weighted by molar-refractivity contribution is -0.139. The van der Waals surface area contributed by atoms with Gasteiger partial charge in [0.05, 0.1) is 57.4 Å². The Hall–Kier alpha value is -6.34. The first-order valence-electron chi connectivity index (χ1n) is 24.6. The van der Waals surface area contributed by atoms with Crippen LogP contribution in [0.25, 0.3) is 0 Å². The van der Waals surface area contributed by atoms with E-state index in [0.29, 0.717) is 80.1 Å². The van der Waals surface area contributed by atoms with E-state index >= 15 is 0 Å². The van der Waals surface area contributed by atoms with Crippen molar-refractivity contribution in [3.8, 4) is 5.75 Å². The van der Waals surface area contributed by atoms with E-state index in [1.54, 1.807) is 23.6 Å². The summed E-state index contributed by atoms with van der Waals surface area (Å²) in [7, 11) is 0. The number of rotatable bonds is 22. The molecule has 2 atom stereocenters. The summed E-state index contributed by atoms with van der Waals surface area (Å²) < 4.78 is 36.9. The first-order valence-corrected chi connectivity index (χ1v) is 26.5. The Labute approximate surface area is 434 Å². The number of thiazole rings is 1. The maximum atomic E-state index is 14.5. The molecule has 4 aromatic rings. The minimum atomic E-state index is -1.30. The Morgan fingerprint density at radius 1 is 0.824 bits per heavy atom. The summed E-state index contributed by atoms with van der Waals surface area (Å²) in [6, 6.07) is 12.1. The van der Waals surface area contributed by atoms with Gasteiger partial charge in [-0.15, -0.1) is 23.1 Å². The van der Waals surface area contributed by atoms with Crippen molar-refractivity contribution in [2.75, 3.05) is 108 Å². The number of aromatic hydroxyl groups is 1. The van der Waals surface area contributed by atoms with E-state index in [9.17, 15) is 43.1 Å². The van der Waals surface area contributed by atoms with Gasteiger partial charge in [-0.3, -0.25) is 54.0 Å². The van der Waals surface area contributed by atoms with Gasteiger partial charge in [0.25, 0.3) is 23.6 Å². The number of carbonyl (C=O) groups is 7. The normalized spacial score (nSPS) is 18.8. The molecule has 392 valence electrons. The van der Waals surface area contributed by atoms with Crippen molar-refractivity contribution < 1.29 is 62.0 Å². The average Bonchev–Trinajstić information content (AvgIpc) is 4.11. The number of thioether (sulfide) groups is 1. The summed E-state index contributed by atoms with van der Waals surface area (Å²) in [5.41, 5.74) is 2.57. The standard InChI is InChI=1S/C51H57FN8O12S2/c52-33-5-8-40(61)38(28-33)45(47(65)55-51-53-12-26-74-51)59-30-32-4-6-35(29-37(32)48(59)66)56-13-10-34(11-14-56)57-15-17-58(18-16-57)43(63)31-72-24-23-70-20-19-69-21-22-71-25-27-73-41-3-1-2-36-44(41)50(68)60(49(36)67)39-7-9-42(62)54-46(39)64/h1-6,8,12,26,28-29,34,39,45,61H,7,9-11,13-25,27,30-31H2,(H,53,55,65)(H,54,62,64). The number of aromatic nitrogens is 1. The van der Waals surface area contributed by atoms with E-state index in [1.807, 2.05) is 23.1 Å². The van der Waals surface area contributed by atoms with Crippen LogP contribution < -0.4 is 15.5 Å². The number of amides is 7. The van der Waals surface area contributed by atoms with Gasteiger partial charge in [0.1, 0.15) is 30.3 Å². The van der Waals surface area contributed by atoms with Gasteiger partial charge >= 0.3 is 0 Å². The summed E-state index contributed by atoms with van der Waals surface area (Å²) in [5, 5.41) is 17.6. The summed E-state index contributed by atoms with van der Waals surface area (Å²) >= 11 is 2.58. The number of phenols is 1. The van der Waals surface area contributed by atoms with Crippen molar-refractivity contribution in [1.29, 1.82) is 0 Å². The third-order valence-electron chi connectivity index (χ3n) is 13.7. The van der Waals surface area contributed by atoms with Crippen molar-refractivity contribution in [2.24, 2.45) is 0 Å². The highest BCUT2D eigenvalue weighted by Gasteiger charge is 2.46. The summed E-state index contributed by atoms with van der Waals surface area (Å²) in [5.74, 6) is -3.64. The lowest BCUT2D eigenvalue weighted by atomic mass is 10.0. The monoisotopic (exact) mass is 1060 g/mol. The number of anilines is 2. The fourth-order valence-corrected chi connectivity index (χ4v) is 11.4. The lowest BCUT2D eigenvalue weighted by Gasteiger charge is -2.43. The Balaban J connectivity index is 0.612. The molecule has 1 aromatic heterocycles. The van der Waals surface area contributed by atoms with Crippen LogP contribution in [-0.2, 0) is 44.7 Å². The third-order valence-corrected chi connectivity index (χ3v) is 15.4. The topological polar surface area (TPSA) is 230 Å². The number of piperazine rings is 1. The molecular weight excluding hydrogens is 1000 g/mol. The maximum Gasteiger partial charge on any atom is 0.263 e. The molecule has 7 amide bonds.